The fourth-order valence-corrected chi connectivity index (χ4v) is 2.57. The highest BCUT2D eigenvalue weighted by molar-refractivity contribution is 4.67. The Labute approximate surface area is 113 Å². The number of hydrogen-bond acceptors (Lipinski definition) is 4. The van der Waals surface area contributed by atoms with Crippen LogP contribution in [0, 0.1) is 0 Å². The van der Waals surface area contributed by atoms with E-state index in [9.17, 15) is 0 Å². The Hall–Kier alpha value is -0.160. The standard InChI is InChI=1S/C14H32N4/c1-2-9-17-11-4-7-16-8-5-12-18(14-13-17)10-3-6-15/h16H,2-15H2,1H3. The molecule has 3 N–H and O–H groups in total. The first-order chi connectivity index (χ1) is 8.86. The minimum absolute atomic E-state index is 0.813. The van der Waals surface area contributed by atoms with Gasteiger partial charge in [0.2, 0.25) is 0 Å². The van der Waals surface area contributed by atoms with Crippen molar-refractivity contribution in [2.24, 2.45) is 5.73 Å². The van der Waals surface area contributed by atoms with Gasteiger partial charge in [0.25, 0.3) is 0 Å². The van der Waals surface area contributed by atoms with Crippen molar-refractivity contribution in [2.75, 3.05) is 58.9 Å². The first-order valence-corrected chi connectivity index (χ1v) is 7.72. The second-order valence-electron chi connectivity index (χ2n) is 5.28. The van der Waals surface area contributed by atoms with E-state index >= 15 is 0 Å². The van der Waals surface area contributed by atoms with Crippen molar-refractivity contribution in [3.05, 3.63) is 0 Å². The van der Waals surface area contributed by atoms with Gasteiger partial charge < -0.3 is 20.9 Å². The van der Waals surface area contributed by atoms with Crippen molar-refractivity contribution >= 4 is 0 Å². The molecule has 1 fully saturated rings. The van der Waals surface area contributed by atoms with Gasteiger partial charge in [-0.05, 0) is 71.5 Å². The van der Waals surface area contributed by atoms with Crippen LogP contribution in [0.3, 0.4) is 0 Å². The third kappa shape index (κ3) is 7.31. The summed E-state index contributed by atoms with van der Waals surface area (Å²) in [6.07, 6.45) is 4.93. The zero-order chi connectivity index (χ0) is 13.1. The highest BCUT2D eigenvalue weighted by Crippen LogP contribution is 2.00. The predicted octanol–water partition coefficient (Wildman–Crippen LogP) is 0.733. The van der Waals surface area contributed by atoms with E-state index in [0.29, 0.717) is 0 Å². The minimum atomic E-state index is 0.813. The molecule has 4 heteroatoms. The number of nitrogens with one attached hydrogen (secondary N) is 1. The Balaban J connectivity index is 2.37. The summed E-state index contributed by atoms with van der Waals surface area (Å²) in [6.45, 7) is 12.7. The highest BCUT2D eigenvalue weighted by atomic mass is 15.2. The molecule has 0 aromatic heterocycles. The van der Waals surface area contributed by atoms with Gasteiger partial charge in [-0.15, -0.1) is 0 Å². The van der Waals surface area contributed by atoms with Crippen LogP contribution in [0.4, 0.5) is 0 Å². The normalized spacial score (nSPS) is 21.7. The lowest BCUT2D eigenvalue weighted by Crippen LogP contribution is -2.37. The smallest absolute Gasteiger partial charge is 0.0109 e. The molecular formula is C14H32N4. The molecule has 0 amide bonds. The number of nitrogens with two attached hydrogens (primary N) is 1. The van der Waals surface area contributed by atoms with Crippen molar-refractivity contribution < 1.29 is 0 Å². The van der Waals surface area contributed by atoms with Gasteiger partial charge >= 0.3 is 0 Å². The Morgan fingerprint density at radius 2 is 1.56 bits per heavy atom. The summed E-state index contributed by atoms with van der Waals surface area (Å²) in [5, 5.41) is 3.54. The number of nitrogens with zero attached hydrogens (tertiary/aromatic N) is 2. The van der Waals surface area contributed by atoms with Crippen LogP contribution >= 0.6 is 0 Å². The summed E-state index contributed by atoms with van der Waals surface area (Å²) in [7, 11) is 0. The van der Waals surface area contributed by atoms with Crippen LogP contribution < -0.4 is 11.1 Å². The summed E-state index contributed by atoms with van der Waals surface area (Å²) < 4.78 is 0. The molecule has 0 spiro atoms. The molecule has 108 valence electrons. The van der Waals surface area contributed by atoms with E-state index in [1.807, 2.05) is 0 Å². The number of hydrogen-bond donors (Lipinski definition) is 2. The van der Waals surface area contributed by atoms with E-state index in [-0.39, 0.29) is 0 Å². The van der Waals surface area contributed by atoms with E-state index in [1.54, 1.807) is 0 Å². The lowest BCUT2D eigenvalue weighted by atomic mass is 10.3. The maximum absolute atomic E-state index is 5.62. The number of rotatable bonds is 5. The van der Waals surface area contributed by atoms with Gasteiger partial charge in [0.1, 0.15) is 0 Å². The summed E-state index contributed by atoms with van der Waals surface area (Å²) in [5.41, 5.74) is 5.62. The molecule has 1 rings (SSSR count). The van der Waals surface area contributed by atoms with E-state index < -0.39 is 0 Å². The first-order valence-electron chi connectivity index (χ1n) is 7.72. The molecule has 0 aromatic rings. The van der Waals surface area contributed by atoms with E-state index in [2.05, 4.69) is 22.0 Å². The largest absolute Gasteiger partial charge is 0.330 e. The van der Waals surface area contributed by atoms with Crippen LogP contribution in [0.5, 0.6) is 0 Å². The Bertz CT molecular complexity index is 187. The molecule has 0 aromatic carbocycles. The minimum Gasteiger partial charge on any atom is -0.330 e. The molecule has 0 bridgehead atoms. The maximum atomic E-state index is 5.62. The second kappa shape index (κ2) is 10.7. The van der Waals surface area contributed by atoms with Crippen molar-refractivity contribution in [3.63, 3.8) is 0 Å². The predicted molar refractivity (Wildman–Crippen MR) is 78.9 cm³/mol. The molecule has 1 aliphatic heterocycles. The third-order valence-corrected chi connectivity index (χ3v) is 3.61. The topological polar surface area (TPSA) is 44.5 Å². The van der Waals surface area contributed by atoms with Crippen LogP contribution in [-0.4, -0.2) is 68.7 Å². The van der Waals surface area contributed by atoms with Crippen LogP contribution in [-0.2, 0) is 0 Å². The van der Waals surface area contributed by atoms with Crippen molar-refractivity contribution in [3.8, 4) is 0 Å². The van der Waals surface area contributed by atoms with Crippen LogP contribution in [0.1, 0.15) is 32.6 Å². The first kappa shape index (κ1) is 15.9. The molecule has 0 unspecified atom stereocenters. The van der Waals surface area contributed by atoms with Crippen LogP contribution in [0.15, 0.2) is 0 Å². The molecule has 18 heavy (non-hydrogen) atoms. The third-order valence-electron chi connectivity index (χ3n) is 3.61. The fourth-order valence-electron chi connectivity index (χ4n) is 2.57. The van der Waals surface area contributed by atoms with E-state index in [1.165, 1.54) is 58.5 Å². The molecule has 0 radical (unpaired) electrons. The molecule has 0 aliphatic carbocycles. The maximum Gasteiger partial charge on any atom is 0.0109 e. The summed E-state index contributed by atoms with van der Waals surface area (Å²) in [5.74, 6) is 0. The zero-order valence-electron chi connectivity index (χ0n) is 12.2. The molecular weight excluding hydrogens is 224 g/mol. The van der Waals surface area contributed by atoms with Crippen molar-refractivity contribution in [1.82, 2.24) is 15.1 Å². The van der Waals surface area contributed by atoms with Crippen LogP contribution in [0.25, 0.3) is 0 Å². The van der Waals surface area contributed by atoms with Crippen LogP contribution in [0.2, 0.25) is 0 Å². The molecule has 1 saturated heterocycles. The molecule has 0 saturated carbocycles. The molecule has 1 aliphatic rings. The van der Waals surface area contributed by atoms with E-state index in [4.69, 9.17) is 5.73 Å². The SMILES string of the molecule is CCCN1CCCNCCCN(CCCN)CC1. The lowest BCUT2D eigenvalue weighted by molar-refractivity contribution is 0.204. The summed E-state index contributed by atoms with van der Waals surface area (Å²) in [6, 6.07) is 0. The van der Waals surface area contributed by atoms with Crippen molar-refractivity contribution in [2.45, 2.75) is 32.6 Å². The quantitative estimate of drug-likeness (QED) is 0.761. The Morgan fingerprint density at radius 1 is 0.944 bits per heavy atom. The fraction of sp³-hybridized carbons (Fsp3) is 1.00. The lowest BCUT2D eigenvalue weighted by Gasteiger charge is -2.26. The molecule has 0 atom stereocenters. The molecule has 1 heterocycles. The van der Waals surface area contributed by atoms with Gasteiger partial charge in [-0.3, -0.25) is 0 Å². The summed E-state index contributed by atoms with van der Waals surface area (Å²) in [4.78, 5) is 5.20. The highest BCUT2D eigenvalue weighted by Gasteiger charge is 2.09. The average Bonchev–Trinajstić information content (AvgIpc) is 2.43. The monoisotopic (exact) mass is 256 g/mol. The van der Waals surface area contributed by atoms with Gasteiger partial charge in [-0.25, -0.2) is 0 Å². The average molecular weight is 256 g/mol. The Morgan fingerprint density at radius 3 is 2.11 bits per heavy atom. The zero-order valence-corrected chi connectivity index (χ0v) is 12.2. The van der Waals surface area contributed by atoms with Gasteiger partial charge in [0.15, 0.2) is 0 Å². The second-order valence-corrected chi connectivity index (χ2v) is 5.28. The van der Waals surface area contributed by atoms with Gasteiger partial charge in [0.05, 0.1) is 0 Å². The van der Waals surface area contributed by atoms with Crippen molar-refractivity contribution in [1.29, 1.82) is 0 Å². The van der Waals surface area contributed by atoms with Gasteiger partial charge in [-0.2, -0.15) is 0 Å². The van der Waals surface area contributed by atoms with Gasteiger partial charge in [0, 0.05) is 13.1 Å². The summed E-state index contributed by atoms with van der Waals surface area (Å²) >= 11 is 0. The Kier molecular flexibility index (Phi) is 9.48. The van der Waals surface area contributed by atoms with E-state index in [0.717, 1.165) is 26.1 Å². The van der Waals surface area contributed by atoms with Gasteiger partial charge in [-0.1, -0.05) is 6.92 Å². The molecule has 4 nitrogen and oxygen atoms in total.